The molecule has 0 atom stereocenters. The van der Waals surface area contributed by atoms with Crippen LogP contribution in [0.1, 0.15) is 166 Å². The van der Waals surface area contributed by atoms with Gasteiger partial charge in [0.1, 0.15) is 36.6 Å². The largest absolute Gasteiger partial charge is 0.530 e. The number of nitrogens with zero attached hydrogens (tertiary/aromatic N) is 6. The van der Waals surface area contributed by atoms with Crippen molar-refractivity contribution in [2.45, 2.75) is 239 Å². The molecule has 0 radical (unpaired) electrons. The van der Waals surface area contributed by atoms with Crippen LogP contribution in [-0.2, 0) is 21.1 Å². The Balaban J connectivity index is -0.000000114. The van der Waals surface area contributed by atoms with Crippen molar-refractivity contribution in [1.29, 1.82) is 0 Å². The Morgan fingerprint density at radius 3 is 0.262 bits per heavy atom. The van der Waals surface area contributed by atoms with Crippen molar-refractivity contribution >= 4 is 36.6 Å². The Bertz CT molecular complexity index is 917. The van der Waals surface area contributed by atoms with Crippen LogP contribution in [0.3, 0.4) is 0 Å². The maximum absolute atomic E-state index is 10.4. The van der Waals surface area contributed by atoms with Crippen LogP contribution < -0.4 is 30.6 Å². The van der Waals surface area contributed by atoms with Crippen molar-refractivity contribution in [3.05, 3.63) is 0 Å². The number of amides is 6. The molecule has 0 aliphatic rings. The Labute approximate surface area is 383 Å². The van der Waals surface area contributed by atoms with Gasteiger partial charge in [-0.1, -0.05) is 0 Å². The van der Waals surface area contributed by atoms with E-state index in [9.17, 15) is 59.4 Å². The molecule has 0 aliphatic carbocycles. The predicted octanol–water partition coefficient (Wildman–Crippen LogP) is 2.69. The van der Waals surface area contributed by atoms with Crippen LogP contribution in [0.25, 0.3) is 0 Å². The SMILES string of the molecule is CC(C)N(C(=O)[O-])C(C)C.CC(C)N(C(=O)[O-])C(C)C.CC(C)N(C(=O)[O-])C(C)C.CC(C)N(C(=O)[O-])C(C)C.CC(C)N(C(=O)[O-])C(C)C.CC(C)N(C(=O)[O-])C(C)C.[Mo]. The molecule has 0 aromatic rings. The Kier molecular flexibility index (Phi) is 43.4. The molecule has 366 valence electrons. The van der Waals surface area contributed by atoms with Crippen LogP contribution >= 0.6 is 0 Å². The van der Waals surface area contributed by atoms with Crippen molar-refractivity contribution in [1.82, 2.24) is 29.4 Å². The van der Waals surface area contributed by atoms with Gasteiger partial charge in [-0.2, -0.15) is 0 Å². The van der Waals surface area contributed by atoms with Gasteiger partial charge in [-0.05, 0) is 166 Å². The van der Waals surface area contributed by atoms with Crippen LogP contribution in [0, 0.1) is 0 Å². The molecule has 61 heavy (non-hydrogen) atoms. The first kappa shape index (κ1) is 71.8. The van der Waals surface area contributed by atoms with E-state index in [1.165, 1.54) is 29.4 Å². The molecule has 0 saturated heterocycles. The van der Waals surface area contributed by atoms with E-state index >= 15 is 0 Å². The van der Waals surface area contributed by atoms with E-state index in [4.69, 9.17) is 0 Å². The second kappa shape index (κ2) is 36.9. The van der Waals surface area contributed by atoms with Gasteiger partial charge in [0.25, 0.3) is 0 Å². The summed E-state index contributed by atoms with van der Waals surface area (Å²) in [6, 6.07) is 0.0556. The van der Waals surface area contributed by atoms with Gasteiger partial charge in [-0.3, -0.25) is 0 Å². The number of carboxylic acid groups (broad SMARTS) is 6. The predicted molar refractivity (Wildman–Crippen MR) is 225 cm³/mol. The van der Waals surface area contributed by atoms with Crippen LogP contribution in [0.2, 0.25) is 0 Å². The quantitative estimate of drug-likeness (QED) is 0.256. The zero-order chi connectivity index (χ0) is 49.9. The third-order valence-corrected chi connectivity index (χ3v) is 7.94. The summed E-state index contributed by atoms with van der Waals surface area (Å²) in [5.41, 5.74) is 0. The van der Waals surface area contributed by atoms with Crippen LogP contribution in [0.15, 0.2) is 0 Å². The molecule has 0 bridgehead atoms. The smallest absolute Gasteiger partial charge is 0.137 e. The maximum atomic E-state index is 10.4. The van der Waals surface area contributed by atoms with E-state index in [1.54, 1.807) is 0 Å². The molecule has 0 saturated carbocycles. The molecule has 0 aromatic heterocycles. The van der Waals surface area contributed by atoms with Crippen molar-refractivity contribution in [2.75, 3.05) is 0 Å². The second-order valence-electron chi connectivity index (χ2n) is 17.2. The molecular weight excluding hydrogens is 876 g/mol. The fraction of sp³-hybridized carbons (Fsp3) is 0.857. The van der Waals surface area contributed by atoms with Gasteiger partial charge in [-0.25, -0.2) is 0 Å². The van der Waals surface area contributed by atoms with Crippen molar-refractivity contribution < 1.29 is 80.5 Å². The summed E-state index contributed by atoms with van der Waals surface area (Å²) in [5.74, 6) is 0. The average molecular weight is 961 g/mol. The zero-order valence-electron chi connectivity index (χ0n) is 41.9. The molecule has 6 amide bonds. The summed E-state index contributed by atoms with van der Waals surface area (Å²) in [5, 5.41) is 62.4. The van der Waals surface area contributed by atoms with Crippen LogP contribution in [0.5, 0.6) is 0 Å². The number of carbonyl (C=O) groups excluding carboxylic acids is 6. The topological polar surface area (TPSA) is 260 Å². The fourth-order valence-corrected chi connectivity index (χ4v) is 6.11. The van der Waals surface area contributed by atoms with Gasteiger partial charge in [0, 0.05) is 93.6 Å². The van der Waals surface area contributed by atoms with E-state index in [-0.39, 0.29) is 93.6 Å². The molecule has 0 spiro atoms. The van der Waals surface area contributed by atoms with E-state index in [2.05, 4.69) is 0 Å². The number of rotatable bonds is 12. The normalized spacial score (nSPS) is 10.4. The summed E-state index contributed by atoms with van der Waals surface area (Å²) in [4.78, 5) is 70.2. The Morgan fingerprint density at radius 2 is 0.262 bits per heavy atom. The molecule has 18 nitrogen and oxygen atoms in total. The summed E-state index contributed by atoms with van der Waals surface area (Å²) in [6.45, 7) is 43.9. The monoisotopic (exact) mass is 963 g/mol. The summed E-state index contributed by atoms with van der Waals surface area (Å²) in [6.07, 6.45) is -6.56. The molecule has 0 heterocycles. The van der Waals surface area contributed by atoms with Crippen LogP contribution in [0.4, 0.5) is 28.8 Å². The van der Waals surface area contributed by atoms with Crippen molar-refractivity contribution in [3.8, 4) is 0 Å². The minimum atomic E-state index is -1.09. The first-order chi connectivity index (χ1) is 26.8. The second-order valence-corrected chi connectivity index (χ2v) is 17.2. The Hall–Kier alpha value is -3.69. The molecule has 0 N–H and O–H groups in total. The van der Waals surface area contributed by atoms with Gasteiger partial charge >= 0.3 is 0 Å². The first-order valence-electron chi connectivity index (χ1n) is 20.7. The minimum absolute atomic E-state index is 0. The van der Waals surface area contributed by atoms with Crippen molar-refractivity contribution in [2.24, 2.45) is 0 Å². The zero-order valence-corrected chi connectivity index (χ0v) is 43.9. The maximum Gasteiger partial charge on any atom is 0.137 e. The molecule has 0 unspecified atom stereocenters. The van der Waals surface area contributed by atoms with E-state index < -0.39 is 36.6 Å². The number of hydrogen-bond acceptors (Lipinski definition) is 12. The van der Waals surface area contributed by atoms with Gasteiger partial charge in [0.2, 0.25) is 0 Å². The van der Waals surface area contributed by atoms with Gasteiger partial charge in [0.05, 0.1) is 0 Å². The summed E-state index contributed by atoms with van der Waals surface area (Å²) >= 11 is 0. The summed E-state index contributed by atoms with van der Waals surface area (Å²) in [7, 11) is 0. The molecule has 0 aromatic carbocycles. The molecule has 0 fully saturated rings. The molecular formula is C42H84MoN6O12-6. The van der Waals surface area contributed by atoms with Crippen molar-refractivity contribution in [3.63, 3.8) is 0 Å². The minimum Gasteiger partial charge on any atom is -0.530 e. The first-order valence-corrected chi connectivity index (χ1v) is 20.7. The van der Waals surface area contributed by atoms with E-state index in [1.807, 2.05) is 166 Å². The average Bonchev–Trinajstić information content (AvgIpc) is 2.94. The third kappa shape index (κ3) is 35.6. The van der Waals surface area contributed by atoms with Gasteiger partial charge < -0.3 is 88.8 Å². The third-order valence-electron chi connectivity index (χ3n) is 7.94. The van der Waals surface area contributed by atoms with Gasteiger partial charge in [-0.15, -0.1) is 0 Å². The Morgan fingerprint density at radius 1 is 0.213 bits per heavy atom. The standard InChI is InChI=1S/6C7H15NO2.Mo/c6*1-5(2)8(6(3)4)7(9)10;/h6*5-6H,1-4H3,(H,9,10);/p-6. The van der Waals surface area contributed by atoms with Gasteiger partial charge in [0.15, 0.2) is 0 Å². The molecule has 0 aliphatic heterocycles. The van der Waals surface area contributed by atoms with E-state index in [0.29, 0.717) is 0 Å². The number of carbonyl (C=O) groups is 6. The molecule has 19 heteroatoms. The fourth-order valence-electron chi connectivity index (χ4n) is 6.11. The number of hydrogen-bond donors (Lipinski definition) is 0. The van der Waals surface area contributed by atoms with E-state index in [0.717, 1.165) is 0 Å². The van der Waals surface area contributed by atoms with Crippen LogP contribution in [-0.4, -0.2) is 138 Å². The summed E-state index contributed by atoms with van der Waals surface area (Å²) < 4.78 is 0. The molecule has 0 rings (SSSR count).